The largest absolute Gasteiger partial charge is 0.347 e. The Hall–Kier alpha value is -3.30. The molecular formula is C15H15N7O3. The fourth-order valence-corrected chi connectivity index (χ4v) is 2.56. The summed E-state index contributed by atoms with van der Waals surface area (Å²) in [5.41, 5.74) is 0.345. The Morgan fingerprint density at radius 2 is 2.16 bits per heavy atom. The maximum absolute atomic E-state index is 12.1. The number of nitrogens with one attached hydrogen (secondary N) is 2. The topological polar surface area (TPSA) is 127 Å². The van der Waals surface area contributed by atoms with E-state index in [2.05, 4.69) is 25.5 Å². The first kappa shape index (κ1) is 15.2. The molecular weight excluding hydrogens is 326 g/mol. The molecule has 1 aliphatic carbocycles. The number of nitrogens with zero attached hydrogens (tertiary/aromatic N) is 5. The summed E-state index contributed by atoms with van der Waals surface area (Å²) in [6, 6.07) is 1.49. The molecule has 3 aromatic heterocycles. The van der Waals surface area contributed by atoms with E-state index in [0.29, 0.717) is 11.7 Å². The summed E-state index contributed by atoms with van der Waals surface area (Å²) in [6.07, 6.45) is 6.60. The van der Waals surface area contributed by atoms with Gasteiger partial charge in [0.1, 0.15) is 6.54 Å². The van der Waals surface area contributed by atoms with Gasteiger partial charge in [0, 0.05) is 24.4 Å². The maximum atomic E-state index is 12.1. The first-order valence-corrected chi connectivity index (χ1v) is 7.86. The third kappa shape index (κ3) is 3.05. The summed E-state index contributed by atoms with van der Waals surface area (Å²) in [5.74, 6) is 0.453. The zero-order valence-electron chi connectivity index (χ0n) is 13.2. The molecule has 1 saturated carbocycles. The lowest BCUT2D eigenvalue weighted by Crippen LogP contribution is -2.32. The molecule has 1 amide bonds. The summed E-state index contributed by atoms with van der Waals surface area (Å²) >= 11 is 0. The number of H-pyrrole nitrogens is 1. The highest BCUT2D eigenvalue weighted by Gasteiger charge is 2.25. The molecule has 4 rings (SSSR count). The lowest BCUT2D eigenvalue weighted by molar-refractivity contribution is -0.121. The number of rotatable bonds is 5. The van der Waals surface area contributed by atoms with Crippen LogP contribution in [0.5, 0.6) is 0 Å². The van der Waals surface area contributed by atoms with E-state index in [9.17, 15) is 14.4 Å². The van der Waals surface area contributed by atoms with Gasteiger partial charge in [-0.25, -0.2) is 4.98 Å². The van der Waals surface area contributed by atoms with Gasteiger partial charge in [-0.3, -0.25) is 23.4 Å². The van der Waals surface area contributed by atoms with Gasteiger partial charge in [0.05, 0.1) is 18.6 Å². The minimum Gasteiger partial charge on any atom is -0.347 e. The van der Waals surface area contributed by atoms with Crippen LogP contribution in [0.4, 0.5) is 0 Å². The molecule has 3 aromatic rings. The van der Waals surface area contributed by atoms with Crippen molar-refractivity contribution in [1.82, 2.24) is 34.4 Å². The number of fused-ring (bicyclic) bond motifs is 1. The molecule has 0 aliphatic heterocycles. The van der Waals surface area contributed by atoms with E-state index in [4.69, 9.17) is 0 Å². The van der Waals surface area contributed by atoms with Crippen LogP contribution in [0, 0.1) is 0 Å². The first-order chi connectivity index (χ1) is 12.1. The van der Waals surface area contributed by atoms with E-state index in [1.165, 1.54) is 27.6 Å². The first-order valence-electron chi connectivity index (χ1n) is 7.86. The Labute approximate surface area is 140 Å². The lowest BCUT2D eigenvalue weighted by atomic mass is 10.3. The van der Waals surface area contributed by atoms with E-state index in [1.807, 2.05) is 0 Å². The molecule has 0 aromatic carbocycles. The van der Waals surface area contributed by atoms with E-state index in [-0.39, 0.29) is 35.8 Å². The zero-order valence-corrected chi connectivity index (χ0v) is 13.2. The summed E-state index contributed by atoms with van der Waals surface area (Å²) in [7, 11) is 0. The van der Waals surface area contributed by atoms with Crippen molar-refractivity contribution in [1.29, 1.82) is 0 Å². The minimum atomic E-state index is -0.360. The van der Waals surface area contributed by atoms with Crippen molar-refractivity contribution in [2.75, 3.05) is 0 Å². The SMILES string of the molecule is O=C(Cn1cnc(C2CC2)cc1=O)NCc1nnc2c(=O)[nH]ccn12. The molecule has 1 fully saturated rings. The zero-order chi connectivity index (χ0) is 17.4. The molecule has 0 spiro atoms. The fraction of sp³-hybridized carbons (Fsp3) is 0.333. The van der Waals surface area contributed by atoms with Crippen LogP contribution in [-0.2, 0) is 17.9 Å². The maximum Gasteiger partial charge on any atom is 0.293 e. The van der Waals surface area contributed by atoms with Gasteiger partial charge < -0.3 is 10.3 Å². The van der Waals surface area contributed by atoms with Gasteiger partial charge in [0.25, 0.3) is 11.1 Å². The number of aromatic amines is 1. The van der Waals surface area contributed by atoms with Gasteiger partial charge in [-0.15, -0.1) is 10.2 Å². The average molecular weight is 341 g/mol. The normalized spacial score (nSPS) is 13.9. The van der Waals surface area contributed by atoms with Gasteiger partial charge in [-0.2, -0.15) is 0 Å². The average Bonchev–Trinajstić information content (AvgIpc) is 3.36. The van der Waals surface area contributed by atoms with Crippen LogP contribution in [0.25, 0.3) is 5.65 Å². The fourth-order valence-electron chi connectivity index (χ4n) is 2.56. The second-order valence-corrected chi connectivity index (χ2v) is 5.93. The smallest absolute Gasteiger partial charge is 0.293 e. The molecule has 1 aliphatic rings. The van der Waals surface area contributed by atoms with Crippen molar-refractivity contribution in [3.8, 4) is 0 Å². The van der Waals surface area contributed by atoms with Crippen molar-refractivity contribution in [3.63, 3.8) is 0 Å². The number of hydrogen-bond donors (Lipinski definition) is 2. The van der Waals surface area contributed by atoms with Crippen LogP contribution >= 0.6 is 0 Å². The number of carbonyl (C=O) groups excluding carboxylic acids is 1. The van der Waals surface area contributed by atoms with Crippen LogP contribution in [0.1, 0.15) is 30.3 Å². The summed E-state index contributed by atoms with van der Waals surface area (Å²) in [5, 5.41) is 10.3. The lowest BCUT2D eigenvalue weighted by Gasteiger charge is -2.07. The predicted molar refractivity (Wildman–Crippen MR) is 85.9 cm³/mol. The summed E-state index contributed by atoms with van der Waals surface area (Å²) < 4.78 is 2.76. The van der Waals surface area contributed by atoms with E-state index < -0.39 is 0 Å². The van der Waals surface area contributed by atoms with Crippen LogP contribution in [0.15, 0.2) is 34.4 Å². The highest BCUT2D eigenvalue weighted by atomic mass is 16.2. The Bertz CT molecular complexity index is 1060. The van der Waals surface area contributed by atoms with Crippen molar-refractivity contribution in [3.05, 3.63) is 57.0 Å². The monoisotopic (exact) mass is 341 g/mol. The number of carbonyl (C=O) groups is 1. The van der Waals surface area contributed by atoms with Gasteiger partial charge in [-0.1, -0.05) is 0 Å². The second kappa shape index (κ2) is 5.96. The predicted octanol–water partition coefficient (Wildman–Crippen LogP) is -0.832. The van der Waals surface area contributed by atoms with E-state index in [1.54, 1.807) is 6.20 Å². The second-order valence-electron chi connectivity index (χ2n) is 5.93. The third-order valence-electron chi connectivity index (χ3n) is 4.06. The summed E-state index contributed by atoms with van der Waals surface area (Å²) in [4.78, 5) is 42.4. The molecule has 0 unspecified atom stereocenters. The van der Waals surface area contributed by atoms with Crippen LogP contribution in [0.3, 0.4) is 0 Å². The van der Waals surface area contributed by atoms with Crippen molar-refractivity contribution < 1.29 is 4.79 Å². The Morgan fingerprint density at radius 1 is 1.32 bits per heavy atom. The summed E-state index contributed by atoms with van der Waals surface area (Å²) in [6.45, 7) is -0.0418. The Balaban J connectivity index is 1.43. The Kier molecular flexibility index (Phi) is 3.64. The van der Waals surface area contributed by atoms with Crippen molar-refractivity contribution in [2.45, 2.75) is 31.8 Å². The molecule has 0 radical (unpaired) electrons. The highest BCUT2D eigenvalue weighted by Crippen LogP contribution is 2.38. The molecule has 0 bridgehead atoms. The van der Waals surface area contributed by atoms with Gasteiger partial charge in [0.15, 0.2) is 5.82 Å². The molecule has 0 atom stereocenters. The van der Waals surface area contributed by atoms with Gasteiger partial charge in [-0.05, 0) is 12.8 Å². The van der Waals surface area contributed by atoms with Crippen LogP contribution in [-0.4, -0.2) is 35.0 Å². The molecule has 128 valence electrons. The number of aromatic nitrogens is 6. The van der Waals surface area contributed by atoms with Crippen molar-refractivity contribution >= 4 is 11.6 Å². The van der Waals surface area contributed by atoms with Crippen LogP contribution < -0.4 is 16.4 Å². The molecule has 0 saturated heterocycles. The van der Waals surface area contributed by atoms with E-state index in [0.717, 1.165) is 18.5 Å². The minimum absolute atomic E-state index is 0.0891. The number of amides is 1. The van der Waals surface area contributed by atoms with Gasteiger partial charge in [0.2, 0.25) is 11.6 Å². The highest BCUT2D eigenvalue weighted by molar-refractivity contribution is 5.75. The molecule has 25 heavy (non-hydrogen) atoms. The quantitative estimate of drug-likeness (QED) is 0.623. The standard InChI is InChI=1S/C15H15N7O3/c23-12(7-21-8-18-10(5-13(21)24)9-1-2-9)17-6-11-19-20-14-15(25)16-3-4-22(11)14/h3-5,8-9H,1-2,6-7H2,(H,16,25)(H,17,23). The molecule has 3 heterocycles. The molecule has 2 N–H and O–H groups in total. The number of hydrogen-bond acceptors (Lipinski definition) is 6. The molecule has 10 nitrogen and oxygen atoms in total. The van der Waals surface area contributed by atoms with Crippen molar-refractivity contribution in [2.24, 2.45) is 0 Å². The van der Waals surface area contributed by atoms with Gasteiger partial charge >= 0.3 is 0 Å². The Morgan fingerprint density at radius 3 is 2.92 bits per heavy atom. The van der Waals surface area contributed by atoms with Crippen LogP contribution in [0.2, 0.25) is 0 Å². The van der Waals surface area contributed by atoms with E-state index >= 15 is 0 Å². The third-order valence-corrected chi connectivity index (χ3v) is 4.06. The molecule has 10 heteroatoms.